The number of rotatable bonds is 6. The van der Waals surface area contributed by atoms with Gasteiger partial charge in [-0.05, 0) is 45.0 Å². The Bertz CT molecular complexity index is 614. The van der Waals surface area contributed by atoms with Crippen LogP contribution in [-0.4, -0.2) is 74.0 Å². The van der Waals surface area contributed by atoms with Gasteiger partial charge in [0.15, 0.2) is 0 Å². The average molecular weight is 373 g/mol. The van der Waals surface area contributed by atoms with E-state index in [9.17, 15) is 9.59 Å². The van der Waals surface area contributed by atoms with Crippen LogP contribution < -0.4 is 10.2 Å². The molecule has 2 aliphatic heterocycles. The van der Waals surface area contributed by atoms with Crippen LogP contribution in [0.5, 0.6) is 0 Å². The van der Waals surface area contributed by atoms with Crippen molar-refractivity contribution in [2.75, 3.05) is 51.2 Å². The summed E-state index contributed by atoms with van der Waals surface area (Å²) in [7, 11) is 2.14. The highest BCUT2D eigenvalue weighted by atomic mass is 16.2. The topological polar surface area (TPSA) is 55.9 Å². The summed E-state index contributed by atoms with van der Waals surface area (Å²) in [5.74, 6) is 0.0103. The fraction of sp³-hybridized carbons (Fsp3) is 0.619. The Kier molecular flexibility index (Phi) is 7.10. The molecule has 2 aliphatic rings. The van der Waals surface area contributed by atoms with Crippen molar-refractivity contribution in [2.45, 2.75) is 38.1 Å². The van der Waals surface area contributed by atoms with E-state index in [-0.39, 0.29) is 18.4 Å². The van der Waals surface area contributed by atoms with Crippen LogP contribution in [0.3, 0.4) is 0 Å². The van der Waals surface area contributed by atoms with Gasteiger partial charge >= 0.3 is 0 Å². The average Bonchev–Trinajstić information content (AvgIpc) is 2.72. The monoisotopic (exact) mass is 372 g/mol. The number of benzene rings is 1. The molecule has 2 amide bonds. The quantitative estimate of drug-likeness (QED) is 0.826. The fourth-order valence-corrected chi connectivity index (χ4v) is 4.03. The van der Waals surface area contributed by atoms with E-state index in [4.69, 9.17) is 0 Å². The lowest BCUT2D eigenvalue weighted by atomic mass is 9.98. The maximum atomic E-state index is 12.4. The predicted molar refractivity (Wildman–Crippen MR) is 108 cm³/mol. The summed E-state index contributed by atoms with van der Waals surface area (Å²) in [6.45, 7) is 4.31. The van der Waals surface area contributed by atoms with Gasteiger partial charge in [0, 0.05) is 44.3 Å². The molecule has 148 valence electrons. The second-order valence-electron chi connectivity index (χ2n) is 7.65. The largest absolute Gasteiger partial charge is 0.368 e. The van der Waals surface area contributed by atoms with Crippen LogP contribution in [0.4, 0.5) is 5.69 Å². The summed E-state index contributed by atoms with van der Waals surface area (Å²) in [6, 6.07) is 10.8. The lowest BCUT2D eigenvalue weighted by Crippen LogP contribution is -2.51. The third-order valence-electron chi connectivity index (χ3n) is 5.82. The minimum absolute atomic E-state index is 0.00903. The first-order valence-electron chi connectivity index (χ1n) is 10.2. The molecule has 0 radical (unpaired) electrons. The van der Waals surface area contributed by atoms with Crippen LogP contribution >= 0.6 is 0 Å². The fourth-order valence-electron chi connectivity index (χ4n) is 4.03. The van der Waals surface area contributed by atoms with Gasteiger partial charge in [0.05, 0.1) is 6.54 Å². The Morgan fingerprint density at radius 2 is 1.78 bits per heavy atom. The Morgan fingerprint density at radius 3 is 2.48 bits per heavy atom. The molecule has 0 saturated carbocycles. The number of carbonyl (C=O) groups is 2. The van der Waals surface area contributed by atoms with Crippen molar-refractivity contribution in [2.24, 2.45) is 0 Å². The van der Waals surface area contributed by atoms with Gasteiger partial charge in [0.1, 0.15) is 0 Å². The molecule has 1 unspecified atom stereocenters. The first-order chi connectivity index (χ1) is 13.1. The van der Waals surface area contributed by atoms with Crippen LogP contribution in [0.2, 0.25) is 0 Å². The molecule has 6 nitrogen and oxygen atoms in total. The summed E-state index contributed by atoms with van der Waals surface area (Å²) >= 11 is 0. The summed E-state index contributed by atoms with van der Waals surface area (Å²) in [4.78, 5) is 31.0. The van der Waals surface area contributed by atoms with Crippen molar-refractivity contribution in [1.29, 1.82) is 0 Å². The number of carbonyl (C=O) groups excluding carboxylic acids is 2. The zero-order valence-electron chi connectivity index (χ0n) is 16.4. The van der Waals surface area contributed by atoms with Gasteiger partial charge < -0.3 is 20.0 Å². The molecule has 0 aliphatic carbocycles. The molecule has 1 N–H and O–H groups in total. The number of piperazine rings is 1. The van der Waals surface area contributed by atoms with Crippen molar-refractivity contribution in [1.82, 2.24) is 15.1 Å². The predicted octanol–water partition coefficient (Wildman–Crippen LogP) is 1.72. The molecule has 2 fully saturated rings. The Labute approximate surface area is 162 Å². The molecule has 2 saturated heterocycles. The van der Waals surface area contributed by atoms with Crippen molar-refractivity contribution in [3.05, 3.63) is 30.3 Å². The van der Waals surface area contributed by atoms with Gasteiger partial charge in [-0.15, -0.1) is 0 Å². The molecule has 2 heterocycles. The summed E-state index contributed by atoms with van der Waals surface area (Å²) in [5, 5.41) is 2.81. The zero-order valence-corrected chi connectivity index (χ0v) is 16.4. The van der Waals surface area contributed by atoms with E-state index < -0.39 is 0 Å². The number of nitrogens with zero attached hydrogens (tertiary/aromatic N) is 3. The molecular formula is C21H32N4O2. The van der Waals surface area contributed by atoms with Gasteiger partial charge in [-0.25, -0.2) is 0 Å². The standard InChI is InChI=1S/C21H32N4O2/c1-23-12-6-5-7-18(23)10-11-20(26)22-17-21(27)25-15-13-24(14-16-25)19-8-3-2-4-9-19/h2-4,8-9,18H,5-7,10-17H2,1H3,(H,22,26). The van der Waals surface area contributed by atoms with E-state index >= 15 is 0 Å². The summed E-state index contributed by atoms with van der Waals surface area (Å²) < 4.78 is 0. The maximum Gasteiger partial charge on any atom is 0.242 e. The van der Waals surface area contributed by atoms with Gasteiger partial charge in [-0.1, -0.05) is 24.6 Å². The SMILES string of the molecule is CN1CCCCC1CCC(=O)NCC(=O)N1CCN(c2ccccc2)CC1. The first kappa shape index (κ1) is 19.7. The van der Waals surface area contributed by atoms with Crippen LogP contribution in [0, 0.1) is 0 Å². The van der Waals surface area contributed by atoms with Gasteiger partial charge in [0.2, 0.25) is 11.8 Å². The minimum atomic E-state index is -0.00903. The molecule has 1 aromatic carbocycles. The number of nitrogens with one attached hydrogen (secondary N) is 1. The van der Waals surface area contributed by atoms with Crippen molar-refractivity contribution >= 4 is 17.5 Å². The second kappa shape index (κ2) is 9.74. The van der Waals surface area contributed by atoms with E-state index in [1.165, 1.54) is 24.9 Å². The van der Waals surface area contributed by atoms with E-state index in [1.54, 1.807) is 0 Å². The Balaban J connectivity index is 1.34. The lowest BCUT2D eigenvalue weighted by molar-refractivity contribution is -0.133. The van der Waals surface area contributed by atoms with Crippen molar-refractivity contribution in [3.63, 3.8) is 0 Å². The molecule has 1 atom stereocenters. The highest BCUT2D eigenvalue weighted by molar-refractivity contribution is 5.84. The number of anilines is 1. The third-order valence-corrected chi connectivity index (χ3v) is 5.82. The van der Waals surface area contributed by atoms with E-state index in [1.807, 2.05) is 23.1 Å². The highest BCUT2D eigenvalue weighted by Crippen LogP contribution is 2.19. The second-order valence-corrected chi connectivity index (χ2v) is 7.65. The summed E-state index contributed by atoms with van der Waals surface area (Å²) in [6.07, 6.45) is 5.07. The maximum absolute atomic E-state index is 12.4. The Morgan fingerprint density at radius 1 is 1.04 bits per heavy atom. The van der Waals surface area contributed by atoms with Gasteiger partial charge in [-0.2, -0.15) is 0 Å². The molecule has 1 aromatic rings. The molecule has 6 heteroatoms. The molecule has 0 aromatic heterocycles. The summed E-state index contributed by atoms with van der Waals surface area (Å²) in [5.41, 5.74) is 1.20. The smallest absolute Gasteiger partial charge is 0.242 e. The number of piperidine rings is 1. The molecule has 0 spiro atoms. The number of hydrogen-bond acceptors (Lipinski definition) is 4. The minimum Gasteiger partial charge on any atom is -0.368 e. The highest BCUT2D eigenvalue weighted by Gasteiger charge is 2.22. The normalized spacial score (nSPS) is 21.1. The molecule has 0 bridgehead atoms. The molecular weight excluding hydrogens is 340 g/mol. The number of hydrogen-bond donors (Lipinski definition) is 1. The first-order valence-corrected chi connectivity index (χ1v) is 10.2. The van der Waals surface area contributed by atoms with Crippen LogP contribution in [0.15, 0.2) is 30.3 Å². The number of likely N-dealkylation sites (tertiary alicyclic amines) is 1. The molecule has 27 heavy (non-hydrogen) atoms. The van der Waals surface area contributed by atoms with E-state index in [0.29, 0.717) is 25.6 Å². The van der Waals surface area contributed by atoms with Crippen molar-refractivity contribution in [3.8, 4) is 0 Å². The van der Waals surface area contributed by atoms with E-state index in [0.717, 1.165) is 26.1 Å². The zero-order chi connectivity index (χ0) is 19.1. The number of para-hydroxylation sites is 1. The molecule has 3 rings (SSSR count). The van der Waals surface area contributed by atoms with Gasteiger partial charge in [0.25, 0.3) is 0 Å². The van der Waals surface area contributed by atoms with Crippen LogP contribution in [-0.2, 0) is 9.59 Å². The van der Waals surface area contributed by atoms with E-state index in [2.05, 4.69) is 34.3 Å². The lowest BCUT2D eigenvalue weighted by Gasteiger charge is -2.36. The third kappa shape index (κ3) is 5.70. The van der Waals surface area contributed by atoms with Crippen molar-refractivity contribution < 1.29 is 9.59 Å². The number of amides is 2. The van der Waals surface area contributed by atoms with Gasteiger partial charge in [-0.3, -0.25) is 9.59 Å². The van der Waals surface area contributed by atoms with Crippen LogP contribution in [0.1, 0.15) is 32.1 Å². The van der Waals surface area contributed by atoms with Crippen LogP contribution in [0.25, 0.3) is 0 Å². The Hall–Kier alpha value is -2.08.